The van der Waals surface area contributed by atoms with Gasteiger partial charge in [-0.05, 0) is 17.7 Å². The van der Waals surface area contributed by atoms with E-state index in [9.17, 15) is 20.2 Å². The largest absolute Gasteiger partial charge is 0.733 e. The molecule has 0 fully saturated rings. The van der Waals surface area contributed by atoms with Crippen molar-refractivity contribution < 1.29 is 20.2 Å². The van der Waals surface area contributed by atoms with E-state index in [1.54, 1.807) is 0 Å². The van der Waals surface area contributed by atoms with Gasteiger partial charge in [-0.2, -0.15) is 0 Å². The molecule has 0 aliphatic carbocycles. The summed E-state index contributed by atoms with van der Waals surface area (Å²) < 4.78 is 0. The van der Waals surface area contributed by atoms with Crippen LogP contribution in [0.1, 0.15) is 11.7 Å². The van der Waals surface area contributed by atoms with Gasteiger partial charge in [-0.15, -0.1) is 0 Å². The van der Waals surface area contributed by atoms with Gasteiger partial charge in [-0.3, -0.25) is 10.0 Å². The Bertz CT molecular complexity index is 441. The Kier molecular flexibility index (Phi) is 6.47. The zero-order valence-corrected chi connectivity index (χ0v) is 11.6. The fourth-order valence-corrected chi connectivity index (χ4v) is 1.63. The summed E-state index contributed by atoms with van der Waals surface area (Å²) in [4.78, 5) is 10.00. The lowest BCUT2D eigenvalue weighted by Gasteiger charge is -2.25. The van der Waals surface area contributed by atoms with Crippen molar-refractivity contribution in [2.45, 2.75) is 17.0 Å². The lowest BCUT2D eigenvalue weighted by Crippen LogP contribution is -2.44. The molecule has 0 aliphatic rings. The summed E-state index contributed by atoms with van der Waals surface area (Å²) in [6, 6.07) is 4.27. The predicted molar refractivity (Wildman–Crippen MR) is 73.5 cm³/mol. The van der Waals surface area contributed by atoms with Crippen LogP contribution < -0.4 is 10.5 Å². The van der Waals surface area contributed by atoms with Crippen LogP contribution in [0.15, 0.2) is 24.3 Å². The third kappa shape index (κ3) is 4.48. The van der Waals surface area contributed by atoms with E-state index in [0.717, 1.165) is 0 Å². The second kappa shape index (κ2) is 7.63. The smallest absolute Gasteiger partial charge is 0.253 e. The Hall–Kier alpha value is -1.09. The molecule has 2 unspecified atom stereocenters. The number of amides is 1. The maximum atomic E-state index is 11.3. The number of aliphatic hydroxyl groups excluding tert-OH is 2. The Labute approximate surface area is 124 Å². The molecule has 1 aromatic carbocycles. The van der Waals surface area contributed by atoms with E-state index >= 15 is 0 Å². The summed E-state index contributed by atoms with van der Waals surface area (Å²) in [5, 5.41) is 40.4. The average Bonchev–Trinajstić information content (AvgIpc) is 2.43. The molecule has 1 rings (SSSR count). The highest BCUT2D eigenvalue weighted by molar-refractivity contribution is 6.53. The van der Waals surface area contributed by atoms with Gasteiger partial charge in [0, 0.05) is 0 Å². The number of nitrogens with zero attached hydrogens (tertiary/aromatic N) is 1. The molecule has 0 saturated heterocycles. The van der Waals surface area contributed by atoms with Gasteiger partial charge in [-0.1, -0.05) is 35.3 Å². The monoisotopic (exact) mass is 323 g/mol. The van der Waals surface area contributed by atoms with E-state index in [2.05, 4.69) is 5.32 Å². The third-order valence-electron chi connectivity index (χ3n) is 2.56. The Balaban J connectivity index is 2.80. The van der Waals surface area contributed by atoms with Gasteiger partial charge < -0.3 is 26.0 Å². The number of aliphatic hydroxyl groups is 2. The average molecular weight is 324 g/mol. The van der Waals surface area contributed by atoms with Gasteiger partial charge in [0.15, 0.2) is 4.84 Å². The number of nitrogens with one attached hydrogen (secondary N) is 1. The first-order valence-electron chi connectivity index (χ1n) is 5.50. The first-order valence-corrected chi connectivity index (χ1v) is 6.37. The molecule has 0 aliphatic heterocycles. The SMILES string of the molecule is O=C(NC(CO)C(O)c1ccc(N([O-])O)cc1)C(Cl)Cl. The van der Waals surface area contributed by atoms with Crippen LogP contribution in [0.25, 0.3) is 0 Å². The third-order valence-corrected chi connectivity index (χ3v) is 2.96. The summed E-state index contributed by atoms with van der Waals surface area (Å²) in [5.74, 6) is -0.746. The molecule has 0 heterocycles. The number of benzene rings is 1. The molecule has 2 atom stereocenters. The van der Waals surface area contributed by atoms with Crippen LogP contribution in [0.2, 0.25) is 0 Å². The topological polar surface area (TPSA) is 116 Å². The first kappa shape index (κ1) is 17.0. The Morgan fingerprint density at radius 2 is 1.90 bits per heavy atom. The summed E-state index contributed by atoms with van der Waals surface area (Å²) in [6.07, 6.45) is -1.23. The fraction of sp³-hybridized carbons (Fsp3) is 0.364. The number of halogens is 2. The molecule has 0 aromatic heterocycles. The first-order chi connectivity index (χ1) is 9.36. The molecule has 0 radical (unpaired) electrons. The number of hydrogen-bond acceptors (Lipinski definition) is 6. The van der Waals surface area contributed by atoms with Crippen molar-refractivity contribution in [3.63, 3.8) is 0 Å². The molecule has 9 heteroatoms. The van der Waals surface area contributed by atoms with Gasteiger partial charge in [0.25, 0.3) is 5.91 Å². The van der Waals surface area contributed by atoms with E-state index < -0.39 is 29.5 Å². The van der Waals surface area contributed by atoms with Crippen LogP contribution in [0.3, 0.4) is 0 Å². The lowest BCUT2D eigenvalue weighted by molar-refractivity contribution is -0.121. The predicted octanol–water partition coefficient (Wildman–Crippen LogP) is 0.694. The minimum absolute atomic E-state index is 0.0212. The zero-order valence-electron chi connectivity index (χ0n) is 10.1. The van der Waals surface area contributed by atoms with Crippen molar-refractivity contribution in [1.82, 2.24) is 5.32 Å². The molecule has 0 saturated carbocycles. The molecular weight excluding hydrogens is 311 g/mol. The fourth-order valence-electron chi connectivity index (χ4n) is 1.50. The highest BCUT2D eigenvalue weighted by Gasteiger charge is 2.24. The summed E-state index contributed by atoms with van der Waals surface area (Å²) >= 11 is 10.7. The summed E-state index contributed by atoms with van der Waals surface area (Å²) in [7, 11) is 0. The van der Waals surface area contributed by atoms with Crippen molar-refractivity contribution in [3.05, 3.63) is 35.0 Å². The van der Waals surface area contributed by atoms with E-state index in [-0.39, 0.29) is 10.9 Å². The number of anilines is 1. The Morgan fingerprint density at radius 3 is 2.30 bits per heavy atom. The summed E-state index contributed by atoms with van der Waals surface area (Å²) in [5.41, 5.74) is 0.308. The molecule has 112 valence electrons. The van der Waals surface area contributed by atoms with Crippen molar-refractivity contribution in [3.8, 4) is 0 Å². The number of rotatable bonds is 6. The van der Waals surface area contributed by atoms with Crippen LogP contribution in [0.4, 0.5) is 5.69 Å². The second-order valence-corrected chi connectivity index (χ2v) is 5.00. The van der Waals surface area contributed by atoms with Crippen molar-refractivity contribution in [1.29, 1.82) is 0 Å². The molecule has 7 nitrogen and oxygen atoms in total. The standard InChI is InChI=1S/C11H13Cl2N2O5/c12-10(13)11(18)14-8(5-16)9(17)6-1-3-7(4-2-6)15(19)20/h1-4,8-10,16-17,19H,5H2,(H,14,18)/q-1. The molecule has 4 N–H and O–H groups in total. The zero-order chi connectivity index (χ0) is 15.3. The molecule has 1 aromatic rings. The van der Waals surface area contributed by atoms with Crippen LogP contribution in [0.5, 0.6) is 0 Å². The Morgan fingerprint density at radius 1 is 1.35 bits per heavy atom. The molecule has 0 spiro atoms. The molecular formula is C11H13Cl2N2O5-. The van der Waals surface area contributed by atoms with Gasteiger partial charge in [0.2, 0.25) is 0 Å². The van der Waals surface area contributed by atoms with Gasteiger partial charge in [0.1, 0.15) is 6.10 Å². The van der Waals surface area contributed by atoms with Crippen molar-refractivity contribution in [2.24, 2.45) is 0 Å². The molecule has 1 amide bonds. The van der Waals surface area contributed by atoms with Crippen LogP contribution in [-0.2, 0) is 4.79 Å². The molecule has 0 bridgehead atoms. The lowest BCUT2D eigenvalue weighted by atomic mass is 10.0. The number of alkyl halides is 2. The van der Waals surface area contributed by atoms with Gasteiger partial charge >= 0.3 is 0 Å². The van der Waals surface area contributed by atoms with Crippen molar-refractivity contribution >= 4 is 34.8 Å². The second-order valence-electron chi connectivity index (χ2n) is 3.91. The molecule has 20 heavy (non-hydrogen) atoms. The highest BCUT2D eigenvalue weighted by Crippen LogP contribution is 2.21. The number of hydrogen-bond donors (Lipinski definition) is 4. The van der Waals surface area contributed by atoms with Crippen LogP contribution in [0, 0.1) is 5.21 Å². The maximum absolute atomic E-state index is 11.3. The van der Waals surface area contributed by atoms with Gasteiger partial charge in [0.05, 0.1) is 18.3 Å². The van der Waals surface area contributed by atoms with E-state index in [1.165, 1.54) is 24.3 Å². The van der Waals surface area contributed by atoms with E-state index in [4.69, 9.17) is 28.4 Å². The number of carbonyl (C=O) groups is 1. The number of carbonyl (C=O) groups excluding carboxylic acids is 1. The quantitative estimate of drug-likeness (QED) is 0.452. The van der Waals surface area contributed by atoms with Crippen LogP contribution in [-0.4, -0.2) is 38.8 Å². The summed E-state index contributed by atoms with van der Waals surface area (Å²) in [6.45, 7) is -0.539. The minimum atomic E-state index is -1.32. The van der Waals surface area contributed by atoms with E-state index in [0.29, 0.717) is 5.56 Å². The minimum Gasteiger partial charge on any atom is -0.733 e. The normalized spacial score (nSPS) is 13.9. The maximum Gasteiger partial charge on any atom is 0.253 e. The van der Waals surface area contributed by atoms with E-state index in [1.807, 2.05) is 0 Å². The van der Waals surface area contributed by atoms with Crippen molar-refractivity contribution in [2.75, 3.05) is 11.8 Å². The van der Waals surface area contributed by atoms with Gasteiger partial charge in [-0.25, -0.2) is 0 Å². The highest BCUT2D eigenvalue weighted by atomic mass is 35.5. The van der Waals surface area contributed by atoms with Crippen LogP contribution >= 0.6 is 23.2 Å².